The molecular weight excluding hydrogens is 336 g/mol. The number of benzene rings is 1. The molecule has 138 valence electrons. The number of rotatable bonds is 8. The number of carbonyl (C=O) groups excluding carboxylic acids is 1. The van der Waals surface area contributed by atoms with Crippen molar-refractivity contribution in [3.63, 3.8) is 0 Å². The highest BCUT2D eigenvalue weighted by Gasteiger charge is 2.29. The summed E-state index contributed by atoms with van der Waals surface area (Å²) in [6.45, 7) is 6.51. The van der Waals surface area contributed by atoms with E-state index in [1.54, 1.807) is 6.07 Å². The van der Waals surface area contributed by atoms with Crippen molar-refractivity contribution in [3.8, 4) is 5.75 Å². The van der Waals surface area contributed by atoms with Gasteiger partial charge in [0, 0.05) is 17.8 Å². The van der Waals surface area contributed by atoms with Gasteiger partial charge in [-0.15, -0.1) is 0 Å². The maximum absolute atomic E-state index is 10.8. The number of nitrogens with two attached hydrogens (primary N) is 1. The van der Waals surface area contributed by atoms with Crippen molar-refractivity contribution >= 4 is 23.6 Å². The number of hydrogen-bond donors (Lipinski definition) is 3. The quantitative estimate of drug-likeness (QED) is 0.484. The van der Waals surface area contributed by atoms with Crippen LogP contribution in [0.15, 0.2) is 29.3 Å². The molecule has 1 atom stereocenters. The third kappa shape index (κ3) is 6.86. The van der Waals surface area contributed by atoms with Gasteiger partial charge in [-0.05, 0) is 50.1 Å². The molecule has 1 aliphatic rings. The number of hydrogen-bond acceptors (Lipinski definition) is 4. The Bertz CT molecular complexity index is 600. The summed E-state index contributed by atoms with van der Waals surface area (Å²) in [4.78, 5) is 15.5. The Labute approximate surface area is 154 Å². The molecule has 1 heterocycles. The molecule has 1 saturated heterocycles. The van der Waals surface area contributed by atoms with Gasteiger partial charge < -0.3 is 21.1 Å². The lowest BCUT2D eigenvalue weighted by molar-refractivity contribution is -0.119. The number of nitrogens with zero attached hydrogens (tertiary/aromatic N) is 1. The zero-order valence-electron chi connectivity index (χ0n) is 15.0. The van der Waals surface area contributed by atoms with E-state index in [1.807, 2.05) is 30.0 Å². The van der Waals surface area contributed by atoms with Crippen molar-refractivity contribution in [1.29, 1.82) is 0 Å². The number of carbonyl (C=O) groups is 1. The van der Waals surface area contributed by atoms with Crippen LogP contribution in [0.5, 0.6) is 5.75 Å². The molecule has 1 aromatic rings. The van der Waals surface area contributed by atoms with Crippen LogP contribution >= 0.6 is 11.8 Å². The summed E-state index contributed by atoms with van der Waals surface area (Å²) < 4.78 is 5.62. The Balaban J connectivity index is 1.93. The Morgan fingerprint density at radius 3 is 2.96 bits per heavy atom. The van der Waals surface area contributed by atoms with E-state index in [4.69, 9.17) is 10.5 Å². The minimum atomic E-state index is -0.486. The molecule has 0 aliphatic carbocycles. The summed E-state index contributed by atoms with van der Waals surface area (Å²) in [5.74, 6) is 2.20. The van der Waals surface area contributed by atoms with Crippen LogP contribution in [0.25, 0.3) is 0 Å². The number of thioether (sulfide) groups is 1. The maximum atomic E-state index is 10.8. The minimum Gasteiger partial charge on any atom is -0.484 e. The van der Waals surface area contributed by atoms with Crippen molar-refractivity contribution in [2.24, 2.45) is 10.7 Å². The highest BCUT2D eigenvalue weighted by Crippen LogP contribution is 2.36. The van der Waals surface area contributed by atoms with Crippen molar-refractivity contribution in [2.45, 2.75) is 38.0 Å². The Morgan fingerprint density at radius 2 is 2.28 bits per heavy atom. The van der Waals surface area contributed by atoms with Gasteiger partial charge in [0.05, 0.1) is 6.54 Å². The number of guanidine groups is 1. The Kier molecular flexibility index (Phi) is 7.43. The molecule has 0 spiro atoms. The topological polar surface area (TPSA) is 88.7 Å². The van der Waals surface area contributed by atoms with E-state index in [0.29, 0.717) is 17.0 Å². The van der Waals surface area contributed by atoms with Crippen LogP contribution in [0.1, 0.15) is 32.3 Å². The number of aliphatic imine (C=N–C) groups is 1. The average Bonchev–Trinajstić information content (AvgIpc) is 3.03. The van der Waals surface area contributed by atoms with Crippen LogP contribution in [0.2, 0.25) is 0 Å². The molecule has 2 rings (SSSR count). The first-order valence-electron chi connectivity index (χ1n) is 8.67. The van der Waals surface area contributed by atoms with Gasteiger partial charge in [-0.1, -0.05) is 12.1 Å². The molecule has 1 unspecified atom stereocenters. The highest BCUT2D eigenvalue weighted by atomic mass is 32.2. The van der Waals surface area contributed by atoms with Gasteiger partial charge in [-0.3, -0.25) is 4.79 Å². The Morgan fingerprint density at radius 1 is 1.44 bits per heavy atom. The molecule has 1 aromatic carbocycles. The van der Waals surface area contributed by atoms with Gasteiger partial charge in [-0.2, -0.15) is 11.8 Å². The zero-order valence-corrected chi connectivity index (χ0v) is 15.8. The summed E-state index contributed by atoms with van der Waals surface area (Å²) in [7, 11) is 0. The lowest BCUT2D eigenvalue weighted by Crippen LogP contribution is -2.43. The van der Waals surface area contributed by atoms with E-state index < -0.39 is 5.91 Å². The van der Waals surface area contributed by atoms with E-state index in [2.05, 4.69) is 29.5 Å². The summed E-state index contributed by atoms with van der Waals surface area (Å²) in [6, 6.07) is 7.55. The maximum Gasteiger partial charge on any atom is 0.255 e. The van der Waals surface area contributed by atoms with Gasteiger partial charge in [0.1, 0.15) is 5.75 Å². The average molecular weight is 365 g/mol. The summed E-state index contributed by atoms with van der Waals surface area (Å²) in [5.41, 5.74) is 6.12. The van der Waals surface area contributed by atoms with Crippen LogP contribution in [-0.2, 0) is 11.3 Å². The largest absolute Gasteiger partial charge is 0.484 e. The molecule has 25 heavy (non-hydrogen) atoms. The fraction of sp³-hybridized carbons (Fsp3) is 0.556. The molecule has 6 nitrogen and oxygen atoms in total. The van der Waals surface area contributed by atoms with Gasteiger partial charge in [0.2, 0.25) is 0 Å². The van der Waals surface area contributed by atoms with E-state index in [0.717, 1.165) is 24.6 Å². The standard InChI is InChI=1S/C18H28N4O2S/c1-3-20-17(22-13-18(2)8-5-9-25-18)21-11-14-6-4-7-15(10-14)24-12-16(19)23/h4,6-7,10H,3,5,8-9,11-13H2,1-2H3,(H2,19,23)(H2,20,21,22). The van der Waals surface area contributed by atoms with Crippen LogP contribution in [0.3, 0.4) is 0 Å². The summed E-state index contributed by atoms with van der Waals surface area (Å²) in [5, 5.41) is 6.74. The monoisotopic (exact) mass is 364 g/mol. The first-order valence-corrected chi connectivity index (χ1v) is 9.65. The molecule has 1 aliphatic heterocycles. The van der Waals surface area contributed by atoms with E-state index in [-0.39, 0.29) is 6.61 Å². The minimum absolute atomic E-state index is 0.118. The second-order valence-corrected chi connectivity index (χ2v) is 8.04. The van der Waals surface area contributed by atoms with E-state index in [1.165, 1.54) is 18.6 Å². The molecule has 0 saturated carbocycles. The first kappa shape index (κ1) is 19.4. The second-order valence-electron chi connectivity index (χ2n) is 6.35. The number of amides is 1. The SMILES string of the molecule is CCNC(=NCc1cccc(OCC(N)=O)c1)NCC1(C)CCCS1. The molecule has 7 heteroatoms. The van der Waals surface area contributed by atoms with Crippen LogP contribution < -0.4 is 21.1 Å². The second kappa shape index (κ2) is 9.56. The molecule has 0 radical (unpaired) electrons. The normalized spacial score (nSPS) is 20.3. The van der Waals surface area contributed by atoms with Gasteiger partial charge in [0.25, 0.3) is 5.91 Å². The van der Waals surface area contributed by atoms with Gasteiger partial charge in [0.15, 0.2) is 12.6 Å². The molecule has 0 bridgehead atoms. The summed E-state index contributed by atoms with van der Waals surface area (Å²) in [6.07, 6.45) is 2.53. The molecule has 0 aromatic heterocycles. The van der Waals surface area contributed by atoms with Crippen LogP contribution in [0, 0.1) is 0 Å². The van der Waals surface area contributed by atoms with E-state index >= 15 is 0 Å². The van der Waals surface area contributed by atoms with Crippen molar-refractivity contribution in [3.05, 3.63) is 29.8 Å². The fourth-order valence-electron chi connectivity index (χ4n) is 2.65. The predicted octanol–water partition coefficient (Wildman–Crippen LogP) is 1.89. The lowest BCUT2D eigenvalue weighted by Gasteiger charge is -2.24. The van der Waals surface area contributed by atoms with Crippen molar-refractivity contribution in [2.75, 3.05) is 25.4 Å². The fourth-order valence-corrected chi connectivity index (χ4v) is 3.89. The first-order chi connectivity index (χ1) is 12.0. The molecule has 1 fully saturated rings. The predicted molar refractivity (Wildman–Crippen MR) is 104 cm³/mol. The highest BCUT2D eigenvalue weighted by molar-refractivity contribution is 8.00. The van der Waals surface area contributed by atoms with E-state index in [9.17, 15) is 4.79 Å². The molecule has 1 amide bonds. The van der Waals surface area contributed by atoms with Gasteiger partial charge >= 0.3 is 0 Å². The van der Waals surface area contributed by atoms with Gasteiger partial charge in [-0.25, -0.2) is 4.99 Å². The van der Waals surface area contributed by atoms with Crippen LogP contribution in [0.4, 0.5) is 0 Å². The number of ether oxygens (including phenoxy) is 1. The number of primary amides is 1. The smallest absolute Gasteiger partial charge is 0.255 e. The molecular formula is C18H28N4O2S. The van der Waals surface area contributed by atoms with Crippen molar-refractivity contribution in [1.82, 2.24) is 10.6 Å². The van der Waals surface area contributed by atoms with Crippen LogP contribution in [-0.4, -0.2) is 42.1 Å². The molecule has 4 N–H and O–H groups in total. The Hall–Kier alpha value is -1.89. The number of nitrogens with one attached hydrogen (secondary N) is 2. The third-order valence-corrected chi connectivity index (χ3v) is 5.51. The summed E-state index contributed by atoms with van der Waals surface area (Å²) >= 11 is 2.03. The lowest BCUT2D eigenvalue weighted by atomic mass is 10.1. The zero-order chi connectivity index (χ0) is 18.1. The van der Waals surface area contributed by atoms with Crippen molar-refractivity contribution < 1.29 is 9.53 Å². The third-order valence-electron chi connectivity index (χ3n) is 3.97.